The van der Waals surface area contributed by atoms with Gasteiger partial charge < -0.3 is 10.1 Å². The zero-order valence-corrected chi connectivity index (χ0v) is 14.9. The summed E-state index contributed by atoms with van der Waals surface area (Å²) in [6.45, 7) is 0. The molecule has 2 aromatic carbocycles. The van der Waals surface area contributed by atoms with Gasteiger partial charge in [0.15, 0.2) is 0 Å². The first kappa shape index (κ1) is 17.1. The average Bonchev–Trinajstić information content (AvgIpc) is 2.60. The van der Waals surface area contributed by atoms with Crippen LogP contribution in [0, 0.1) is 5.82 Å². The number of nitrogens with one attached hydrogen (secondary N) is 1. The first-order valence-corrected chi connectivity index (χ1v) is 9.13. The van der Waals surface area contributed by atoms with E-state index >= 15 is 0 Å². The highest BCUT2D eigenvalue weighted by atomic mass is 35.5. The number of fused-ring (bicyclic) bond motifs is 1. The summed E-state index contributed by atoms with van der Waals surface area (Å²) in [6, 6.07) is 11.5. The summed E-state index contributed by atoms with van der Waals surface area (Å²) in [6.07, 6.45) is 6.95. The van der Waals surface area contributed by atoms with Crippen molar-refractivity contribution < 1.29 is 13.9 Å². The topological polar surface area (TPSA) is 38.3 Å². The average molecular weight is 372 g/mol. The summed E-state index contributed by atoms with van der Waals surface area (Å²) >= 11 is 5.86. The normalized spacial score (nSPS) is 20.3. The lowest BCUT2D eigenvalue weighted by molar-refractivity contribution is -0.118. The predicted octanol–water partition coefficient (Wildman–Crippen LogP) is 5.06. The van der Waals surface area contributed by atoms with Gasteiger partial charge in [0.05, 0.1) is 6.04 Å². The third-order valence-corrected chi connectivity index (χ3v) is 5.38. The molecule has 1 heterocycles. The van der Waals surface area contributed by atoms with Crippen molar-refractivity contribution in [2.24, 2.45) is 0 Å². The van der Waals surface area contributed by atoms with E-state index in [4.69, 9.17) is 16.3 Å². The van der Waals surface area contributed by atoms with Crippen LogP contribution in [-0.2, 0) is 4.79 Å². The minimum absolute atomic E-state index is 0.212. The molecule has 1 aliphatic heterocycles. The zero-order valence-electron chi connectivity index (χ0n) is 14.2. The Labute approximate surface area is 156 Å². The Bertz CT molecular complexity index is 859. The highest BCUT2D eigenvalue weighted by Gasteiger charge is 2.45. The molecule has 0 saturated heterocycles. The smallest absolute Gasteiger partial charge is 0.244 e. The summed E-state index contributed by atoms with van der Waals surface area (Å²) < 4.78 is 19.8. The maximum atomic E-state index is 13.7. The molecule has 1 saturated carbocycles. The fraction of sp³-hybridized carbons (Fsp3) is 0.286. The lowest BCUT2D eigenvalue weighted by atomic mass is 9.73. The Morgan fingerprint density at radius 3 is 2.69 bits per heavy atom. The summed E-state index contributed by atoms with van der Waals surface area (Å²) in [7, 11) is 0. The Hall–Kier alpha value is -2.33. The SMILES string of the molecule is O=C(C=Cc1ccc(Cl)cc1)NC1CC2(CCC2)Oc2ccc(F)cc21. The van der Waals surface area contributed by atoms with Gasteiger partial charge in [-0.2, -0.15) is 0 Å². The molecular weight excluding hydrogens is 353 g/mol. The third-order valence-electron chi connectivity index (χ3n) is 5.13. The zero-order chi connectivity index (χ0) is 18.1. The number of halogens is 2. The van der Waals surface area contributed by atoms with Gasteiger partial charge in [-0.3, -0.25) is 4.79 Å². The van der Waals surface area contributed by atoms with Gasteiger partial charge >= 0.3 is 0 Å². The molecule has 1 atom stereocenters. The minimum atomic E-state index is -0.326. The van der Waals surface area contributed by atoms with Gasteiger partial charge in [0.1, 0.15) is 17.2 Å². The van der Waals surface area contributed by atoms with Crippen LogP contribution in [-0.4, -0.2) is 11.5 Å². The second-order valence-electron chi connectivity index (χ2n) is 6.97. The predicted molar refractivity (Wildman–Crippen MR) is 99.6 cm³/mol. The third kappa shape index (κ3) is 3.47. The van der Waals surface area contributed by atoms with Crippen molar-refractivity contribution in [3.63, 3.8) is 0 Å². The molecular formula is C21H19ClFNO2. The van der Waals surface area contributed by atoms with Crippen LogP contribution in [0.2, 0.25) is 5.02 Å². The van der Waals surface area contributed by atoms with Gasteiger partial charge in [-0.05, 0) is 61.2 Å². The molecule has 2 aromatic rings. The molecule has 0 bridgehead atoms. The van der Waals surface area contributed by atoms with Crippen LogP contribution in [0.25, 0.3) is 6.08 Å². The molecule has 0 aromatic heterocycles. The number of amides is 1. The lowest BCUT2D eigenvalue weighted by Gasteiger charge is -2.48. The Balaban J connectivity index is 1.52. The van der Waals surface area contributed by atoms with Crippen molar-refractivity contribution >= 4 is 23.6 Å². The van der Waals surface area contributed by atoms with Crippen molar-refractivity contribution in [1.29, 1.82) is 0 Å². The van der Waals surface area contributed by atoms with E-state index in [1.165, 1.54) is 18.2 Å². The van der Waals surface area contributed by atoms with Gasteiger partial charge in [-0.15, -0.1) is 0 Å². The van der Waals surface area contributed by atoms with Crippen LogP contribution >= 0.6 is 11.6 Å². The van der Waals surface area contributed by atoms with Crippen molar-refractivity contribution in [2.75, 3.05) is 0 Å². The summed E-state index contributed by atoms with van der Waals surface area (Å²) in [4.78, 5) is 12.4. The number of hydrogen-bond donors (Lipinski definition) is 1. The van der Waals surface area contributed by atoms with Crippen LogP contribution in [0.15, 0.2) is 48.5 Å². The summed E-state index contributed by atoms with van der Waals surface area (Å²) in [5.74, 6) is 0.133. The highest BCUT2D eigenvalue weighted by Crippen LogP contribution is 2.48. The molecule has 2 aliphatic rings. The number of ether oxygens (including phenoxy) is 1. The number of carbonyl (C=O) groups excluding carboxylic acids is 1. The summed E-state index contributed by atoms with van der Waals surface area (Å²) in [5, 5.41) is 3.66. The van der Waals surface area contributed by atoms with Crippen LogP contribution < -0.4 is 10.1 Å². The van der Waals surface area contributed by atoms with Crippen LogP contribution in [0.5, 0.6) is 5.75 Å². The Morgan fingerprint density at radius 1 is 1.23 bits per heavy atom. The first-order valence-electron chi connectivity index (χ1n) is 8.76. The molecule has 134 valence electrons. The number of carbonyl (C=O) groups is 1. The van der Waals surface area contributed by atoms with Crippen molar-refractivity contribution in [3.05, 3.63) is 70.5 Å². The van der Waals surface area contributed by atoms with Gasteiger partial charge in [-0.25, -0.2) is 4.39 Å². The quantitative estimate of drug-likeness (QED) is 0.766. The maximum Gasteiger partial charge on any atom is 0.244 e. The molecule has 1 spiro atoms. The second-order valence-corrected chi connectivity index (χ2v) is 7.41. The van der Waals surface area contributed by atoms with E-state index in [1.807, 2.05) is 12.1 Å². The van der Waals surface area contributed by atoms with E-state index in [1.54, 1.807) is 24.3 Å². The van der Waals surface area contributed by atoms with Gasteiger partial charge in [0, 0.05) is 23.1 Å². The molecule has 1 amide bonds. The number of hydrogen-bond acceptors (Lipinski definition) is 2. The molecule has 1 unspecified atom stereocenters. The Kier molecular flexibility index (Phi) is 4.45. The van der Waals surface area contributed by atoms with Crippen molar-refractivity contribution in [1.82, 2.24) is 5.32 Å². The van der Waals surface area contributed by atoms with E-state index < -0.39 is 0 Å². The standard InChI is InChI=1S/C21H19ClFNO2/c22-15-5-2-14(3-6-15)4-9-20(25)24-18-13-21(10-1-11-21)26-19-8-7-16(23)12-17(18)19/h2-9,12,18H,1,10-11,13H2,(H,24,25). The number of rotatable bonds is 3. The van der Waals surface area contributed by atoms with Gasteiger partial charge in [-0.1, -0.05) is 23.7 Å². The summed E-state index contributed by atoms with van der Waals surface area (Å²) in [5.41, 5.74) is 1.37. The van der Waals surface area contributed by atoms with Gasteiger partial charge in [0.2, 0.25) is 5.91 Å². The molecule has 26 heavy (non-hydrogen) atoms. The van der Waals surface area contributed by atoms with Gasteiger partial charge in [0.25, 0.3) is 0 Å². The maximum absolute atomic E-state index is 13.7. The fourth-order valence-corrected chi connectivity index (χ4v) is 3.74. The molecule has 1 aliphatic carbocycles. The molecule has 5 heteroatoms. The molecule has 1 N–H and O–H groups in total. The monoisotopic (exact) mass is 371 g/mol. The fourth-order valence-electron chi connectivity index (χ4n) is 3.61. The first-order chi connectivity index (χ1) is 12.5. The highest BCUT2D eigenvalue weighted by molar-refractivity contribution is 6.30. The van der Waals surface area contributed by atoms with E-state index in [0.717, 1.165) is 24.8 Å². The molecule has 3 nitrogen and oxygen atoms in total. The minimum Gasteiger partial charge on any atom is -0.487 e. The van der Waals surface area contributed by atoms with Crippen LogP contribution in [0.4, 0.5) is 4.39 Å². The van der Waals surface area contributed by atoms with Crippen LogP contribution in [0.3, 0.4) is 0 Å². The van der Waals surface area contributed by atoms with E-state index in [0.29, 0.717) is 22.8 Å². The lowest BCUT2D eigenvalue weighted by Crippen LogP contribution is -2.49. The Morgan fingerprint density at radius 2 is 2.00 bits per heavy atom. The molecule has 1 fully saturated rings. The number of benzene rings is 2. The van der Waals surface area contributed by atoms with E-state index in [-0.39, 0.29) is 23.4 Å². The van der Waals surface area contributed by atoms with E-state index in [2.05, 4.69) is 5.32 Å². The van der Waals surface area contributed by atoms with Crippen molar-refractivity contribution in [2.45, 2.75) is 37.3 Å². The van der Waals surface area contributed by atoms with E-state index in [9.17, 15) is 9.18 Å². The molecule has 4 rings (SSSR count). The van der Waals surface area contributed by atoms with Crippen molar-refractivity contribution in [3.8, 4) is 5.75 Å². The largest absolute Gasteiger partial charge is 0.487 e. The molecule has 0 radical (unpaired) electrons. The second kappa shape index (κ2) is 6.76. The van der Waals surface area contributed by atoms with Crippen LogP contribution in [0.1, 0.15) is 42.9 Å².